The van der Waals surface area contributed by atoms with Gasteiger partial charge in [-0.3, -0.25) is 14.4 Å². The highest BCUT2D eigenvalue weighted by Crippen LogP contribution is 2.69. The van der Waals surface area contributed by atoms with Crippen molar-refractivity contribution in [2.45, 2.75) is 31.2 Å². The zero-order valence-corrected chi connectivity index (χ0v) is 19.1. The topological polar surface area (TPSA) is 85.6 Å². The van der Waals surface area contributed by atoms with Gasteiger partial charge in [0.1, 0.15) is 23.0 Å². The molecule has 10 heteroatoms. The molecule has 6 nitrogen and oxygen atoms in total. The first kappa shape index (κ1) is 22.8. The Bertz CT molecular complexity index is 1400. The molecular formula is C24H17Cl2F2NO5. The average molecular weight is 508 g/mol. The molecule has 0 unspecified atom stereocenters. The fraction of sp³-hybridized carbons (Fsp3) is 0.292. The van der Waals surface area contributed by atoms with Crippen LogP contribution >= 0.6 is 23.2 Å². The normalized spacial score (nSPS) is 22.6. The van der Waals surface area contributed by atoms with Gasteiger partial charge in [-0.05, 0) is 42.9 Å². The number of ketones is 1. The van der Waals surface area contributed by atoms with Gasteiger partial charge >= 0.3 is 0 Å². The van der Waals surface area contributed by atoms with Gasteiger partial charge in [0, 0.05) is 30.2 Å². The lowest BCUT2D eigenvalue weighted by Gasteiger charge is -2.70. The number of amides is 1. The fourth-order valence-corrected chi connectivity index (χ4v) is 5.36. The quantitative estimate of drug-likeness (QED) is 0.451. The molecule has 3 aliphatic rings. The van der Waals surface area contributed by atoms with Gasteiger partial charge in [0.15, 0.2) is 23.6 Å². The van der Waals surface area contributed by atoms with E-state index in [1.807, 2.05) is 0 Å². The number of halogens is 4. The summed E-state index contributed by atoms with van der Waals surface area (Å²) in [5, 5.41) is 2.77. The Morgan fingerprint density at radius 2 is 1.74 bits per heavy atom. The number of nitrogens with one attached hydrogen (secondary N) is 1. The van der Waals surface area contributed by atoms with Crippen molar-refractivity contribution < 1.29 is 27.5 Å². The highest BCUT2D eigenvalue weighted by Gasteiger charge is 2.68. The average Bonchev–Trinajstić information content (AvgIpc) is 2.73. The summed E-state index contributed by atoms with van der Waals surface area (Å²) in [5.41, 5.74) is -1.19. The standard InChI is InChI=1S/C24H17Cl2F2NO5/c25-14-2-1-12(3-16(14)27)33-8-22(32)29-24-9-23(10-24,11-24)7-19(31)21-6-18(30)13-4-15(26)17(28)5-20(13)34-21/h1-6H,7-11H2,(H,29,32). The third kappa shape index (κ3) is 4.05. The number of Topliss-reactive ketones (excluding diaryl/α,β-unsaturated/α-hetero) is 1. The first-order valence-corrected chi connectivity index (χ1v) is 11.2. The van der Waals surface area contributed by atoms with E-state index in [0.717, 1.165) is 18.2 Å². The second kappa shape index (κ2) is 8.06. The maximum atomic E-state index is 13.7. The Balaban J connectivity index is 1.17. The summed E-state index contributed by atoms with van der Waals surface area (Å²) in [4.78, 5) is 37.3. The minimum absolute atomic E-state index is 0.0370. The highest BCUT2D eigenvalue weighted by molar-refractivity contribution is 6.31. The Kier molecular flexibility index (Phi) is 5.41. The van der Waals surface area contributed by atoms with Crippen LogP contribution in [0.5, 0.6) is 5.75 Å². The summed E-state index contributed by atoms with van der Waals surface area (Å²) in [6.07, 6.45) is 1.97. The van der Waals surface area contributed by atoms with E-state index < -0.39 is 22.6 Å². The summed E-state index contributed by atoms with van der Waals surface area (Å²) < 4.78 is 38.0. The molecule has 3 fully saturated rings. The summed E-state index contributed by atoms with van der Waals surface area (Å²) in [6, 6.07) is 7.17. The number of carbonyl (C=O) groups is 2. The number of carbonyl (C=O) groups excluding carboxylic acids is 2. The molecule has 176 valence electrons. The minimum atomic E-state index is -0.746. The first-order valence-electron chi connectivity index (χ1n) is 10.4. The number of benzene rings is 2. The van der Waals surface area contributed by atoms with Gasteiger partial charge in [0.25, 0.3) is 5.91 Å². The van der Waals surface area contributed by atoms with Crippen molar-refractivity contribution in [2.24, 2.45) is 5.41 Å². The van der Waals surface area contributed by atoms with Crippen molar-refractivity contribution in [2.75, 3.05) is 6.61 Å². The van der Waals surface area contributed by atoms with E-state index in [1.54, 1.807) is 0 Å². The molecule has 0 aliphatic heterocycles. The number of hydrogen-bond acceptors (Lipinski definition) is 5. The van der Waals surface area contributed by atoms with E-state index in [-0.39, 0.29) is 62.7 Å². The predicted molar refractivity (Wildman–Crippen MR) is 120 cm³/mol. The van der Waals surface area contributed by atoms with Gasteiger partial charge < -0.3 is 14.5 Å². The van der Waals surface area contributed by atoms with E-state index in [1.165, 1.54) is 18.2 Å². The SMILES string of the molecule is O=C(COc1ccc(Cl)c(F)c1)NC12CC(CC(=O)c3cc(=O)c4cc(Cl)c(F)cc4o3)(C1)C2. The maximum absolute atomic E-state index is 13.7. The molecule has 0 radical (unpaired) electrons. The third-order valence-corrected chi connectivity index (χ3v) is 6.98. The molecule has 3 aromatic rings. The van der Waals surface area contributed by atoms with Crippen LogP contribution < -0.4 is 15.5 Å². The van der Waals surface area contributed by atoms with Crippen LogP contribution in [0.25, 0.3) is 11.0 Å². The van der Waals surface area contributed by atoms with Crippen molar-refractivity contribution in [1.29, 1.82) is 0 Å². The van der Waals surface area contributed by atoms with E-state index in [9.17, 15) is 23.2 Å². The number of hydrogen-bond donors (Lipinski definition) is 1. The van der Waals surface area contributed by atoms with Gasteiger partial charge in [-0.15, -0.1) is 0 Å². The molecule has 3 aliphatic carbocycles. The molecule has 34 heavy (non-hydrogen) atoms. The van der Waals surface area contributed by atoms with E-state index >= 15 is 0 Å². The van der Waals surface area contributed by atoms with Crippen molar-refractivity contribution >= 4 is 45.9 Å². The van der Waals surface area contributed by atoms with Crippen molar-refractivity contribution in [3.63, 3.8) is 0 Å². The lowest BCUT2D eigenvalue weighted by molar-refractivity contribution is -0.164. The molecule has 1 aromatic heterocycles. The van der Waals surface area contributed by atoms with E-state index in [2.05, 4.69) is 5.32 Å². The Morgan fingerprint density at radius 1 is 1.03 bits per heavy atom. The Labute approximate surface area is 201 Å². The van der Waals surface area contributed by atoms with Crippen LogP contribution in [0.2, 0.25) is 10.0 Å². The molecule has 2 aromatic carbocycles. The molecule has 1 heterocycles. The monoisotopic (exact) mass is 507 g/mol. The van der Waals surface area contributed by atoms with E-state index in [4.69, 9.17) is 32.4 Å². The van der Waals surface area contributed by atoms with Crippen LogP contribution in [0.1, 0.15) is 36.2 Å². The zero-order chi connectivity index (χ0) is 24.3. The molecule has 2 bridgehead atoms. The molecular weight excluding hydrogens is 491 g/mol. The summed E-state index contributed by atoms with van der Waals surface area (Å²) in [5.74, 6) is -2.04. The van der Waals surface area contributed by atoms with Gasteiger partial charge in [-0.2, -0.15) is 0 Å². The predicted octanol–water partition coefficient (Wildman–Crippen LogP) is 5.07. The molecule has 0 spiro atoms. The fourth-order valence-electron chi connectivity index (χ4n) is 5.08. The Morgan fingerprint density at radius 3 is 2.44 bits per heavy atom. The molecule has 0 atom stereocenters. The van der Waals surface area contributed by atoms with Crippen LogP contribution in [-0.4, -0.2) is 23.8 Å². The van der Waals surface area contributed by atoms with Gasteiger partial charge in [0.2, 0.25) is 0 Å². The second-order valence-electron chi connectivity index (χ2n) is 9.06. The zero-order valence-electron chi connectivity index (χ0n) is 17.6. The summed E-state index contributed by atoms with van der Waals surface area (Å²) in [6.45, 7) is -0.280. The van der Waals surface area contributed by atoms with E-state index in [0.29, 0.717) is 19.3 Å². The lowest BCUT2D eigenvalue weighted by Crippen LogP contribution is -2.75. The smallest absolute Gasteiger partial charge is 0.258 e. The molecule has 3 saturated carbocycles. The largest absolute Gasteiger partial charge is 0.484 e. The maximum Gasteiger partial charge on any atom is 0.258 e. The van der Waals surface area contributed by atoms with Crippen LogP contribution in [0.3, 0.4) is 0 Å². The molecule has 6 rings (SSSR count). The van der Waals surface area contributed by atoms with Crippen molar-refractivity contribution in [1.82, 2.24) is 5.32 Å². The molecule has 1 N–H and O–H groups in total. The van der Waals surface area contributed by atoms with Gasteiger partial charge in [-0.1, -0.05) is 23.2 Å². The van der Waals surface area contributed by atoms with Crippen molar-refractivity contribution in [3.05, 3.63) is 74.1 Å². The second-order valence-corrected chi connectivity index (χ2v) is 9.88. The number of fused-ring (bicyclic) bond motifs is 1. The van der Waals surface area contributed by atoms with Crippen molar-refractivity contribution in [3.8, 4) is 5.75 Å². The summed E-state index contributed by atoms with van der Waals surface area (Å²) >= 11 is 11.3. The summed E-state index contributed by atoms with van der Waals surface area (Å²) in [7, 11) is 0. The minimum Gasteiger partial charge on any atom is -0.484 e. The molecule has 1 amide bonds. The number of rotatable bonds is 7. The van der Waals surface area contributed by atoms with Gasteiger partial charge in [-0.25, -0.2) is 8.78 Å². The lowest BCUT2D eigenvalue weighted by atomic mass is 9.38. The van der Waals surface area contributed by atoms with Gasteiger partial charge in [0.05, 0.1) is 15.4 Å². The Hall–Kier alpha value is -2.97. The van der Waals surface area contributed by atoms with Crippen LogP contribution in [0, 0.1) is 17.0 Å². The first-order chi connectivity index (χ1) is 16.1. The van der Waals surface area contributed by atoms with Crippen LogP contribution in [-0.2, 0) is 4.79 Å². The third-order valence-electron chi connectivity index (χ3n) is 6.39. The van der Waals surface area contributed by atoms with Crippen LogP contribution in [0.15, 0.2) is 45.6 Å². The van der Waals surface area contributed by atoms with Crippen LogP contribution in [0.4, 0.5) is 8.78 Å². The molecule has 0 saturated heterocycles. The highest BCUT2D eigenvalue weighted by atomic mass is 35.5. The number of ether oxygens (including phenoxy) is 1.